The highest BCUT2D eigenvalue weighted by Crippen LogP contribution is 2.19. The molecular weight excluding hydrogens is 270 g/mol. The fraction of sp³-hybridized carbons (Fsp3) is 0.533. The average Bonchev–Trinajstić information content (AvgIpc) is 2.51. The van der Waals surface area contributed by atoms with Crippen molar-refractivity contribution in [1.82, 2.24) is 5.32 Å². The van der Waals surface area contributed by atoms with Crippen LogP contribution in [0.1, 0.15) is 12.8 Å². The summed E-state index contributed by atoms with van der Waals surface area (Å²) in [5.41, 5.74) is 6.48. The van der Waals surface area contributed by atoms with Crippen LogP contribution in [-0.4, -0.2) is 45.9 Å². The van der Waals surface area contributed by atoms with E-state index in [1.54, 1.807) is 14.2 Å². The molecule has 0 spiro atoms. The van der Waals surface area contributed by atoms with E-state index in [2.05, 4.69) is 10.6 Å². The van der Waals surface area contributed by atoms with Crippen molar-refractivity contribution in [2.75, 3.05) is 39.2 Å². The molecule has 1 aromatic carbocycles. The first-order valence-corrected chi connectivity index (χ1v) is 7.08. The van der Waals surface area contributed by atoms with E-state index in [4.69, 9.17) is 15.2 Å². The van der Waals surface area contributed by atoms with E-state index in [0.717, 1.165) is 18.5 Å². The zero-order valence-corrected chi connectivity index (χ0v) is 12.7. The monoisotopic (exact) mass is 295 g/mol. The molecule has 6 nitrogen and oxygen atoms in total. The number of ether oxygens (including phenoxy) is 2. The van der Waals surface area contributed by atoms with Gasteiger partial charge in [0.1, 0.15) is 5.75 Å². The number of carbonyl (C=O) groups excluding carboxylic acids is 1. The second-order valence-corrected chi connectivity index (χ2v) is 4.72. The highest BCUT2D eigenvalue weighted by molar-refractivity contribution is 5.77. The van der Waals surface area contributed by atoms with Gasteiger partial charge in [-0.1, -0.05) is 6.07 Å². The molecule has 21 heavy (non-hydrogen) atoms. The van der Waals surface area contributed by atoms with Crippen LogP contribution in [-0.2, 0) is 9.53 Å². The first-order valence-electron chi connectivity index (χ1n) is 7.08. The zero-order chi connectivity index (χ0) is 15.5. The molecule has 6 heteroatoms. The molecule has 0 bridgehead atoms. The number of likely N-dealkylation sites (N-methyl/N-ethyl adjacent to an activating group) is 1. The molecule has 118 valence electrons. The van der Waals surface area contributed by atoms with Crippen LogP contribution in [0.4, 0.5) is 5.69 Å². The minimum absolute atomic E-state index is 0.00856. The molecule has 1 amide bonds. The van der Waals surface area contributed by atoms with E-state index in [1.165, 1.54) is 0 Å². The molecule has 1 atom stereocenters. The Morgan fingerprint density at radius 1 is 1.43 bits per heavy atom. The predicted octanol–water partition coefficient (Wildman–Crippen LogP) is 0.977. The molecular formula is C15H25N3O3. The predicted molar refractivity (Wildman–Crippen MR) is 83.6 cm³/mol. The van der Waals surface area contributed by atoms with Crippen molar-refractivity contribution < 1.29 is 14.3 Å². The summed E-state index contributed by atoms with van der Waals surface area (Å²) in [4.78, 5) is 11.2. The molecule has 1 aromatic rings. The Hall–Kier alpha value is -1.79. The van der Waals surface area contributed by atoms with Crippen molar-refractivity contribution in [3.8, 4) is 5.75 Å². The van der Waals surface area contributed by atoms with Crippen molar-refractivity contribution in [3.63, 3.8) is 0 Å². The maximum atomic E-state index is 11.2. The van der Waals surface area contributed by atoms with Gasteiger partial charge in [-0.05, 0) is 31.5 Å². The second kappa shape index (κ2) is 10.0. The third-order valence-electron chi connectivity index (χ3n) is 2.98. The number of hydrogen-bond acceptors (Lipinski definition) is 5. The topological polar surface area (TPSA) is 85.6 Å². The Kier molecular flexibility index (Phi) is 8.23. The number of anilines is 1. The summed E-state index contributed by atoms with van der Waals surface area (Å²) in [5, 5.41) is 5.91. The number of hydrogen-bond donors (Lipinski definition) is 3. The molecule has 0 aliphatic rings. The number of benzene rings is 1. The maximum absolute atomic E-state index is 11.2. The van der Waals surface area contributed by atoms with Gasteiger partial charge in [-0.3, -0.25) is 4.79 Å². The molecule has 4 N–H and O–H groups in total. The number of carbonyl (C=O) groups is 1. The standard InChI is InChI=1S/C15H25N3O3/c1-17-15(19)11-21-14-7-3-5-12(9-14)18-13(10-20-2)6-4-8-16/h3,5,7,9,13,18H,4,6,8,10-11,16H2,1-2H3,(H,17,19). The second-order valence-electron chi connectivity index (χ2n) is 4.72. The van der Waals surface area contributed by atoms with Crippen molar-refractivity contribution in [2.45, 2.75) is 18.9 Å². The summed E-state index contributed by atoms with van der Waals surface area (Å²) < 4.78 is 10.6. The van der Waals surface area contributed by atoms with Gasteiger partial charge in [-0.15, -0.1) is 0 Å². The number of amides is 1. The lowest BCUT2D eigenvalue weighted by Gasteiger charge is -2.19. The average molecular weight is 295 g/mol. The normalized spacial score (nSPS) is 11.8. The highest BCUT2D eigenvalue weighted by atomic mass is 16.5. The van der Waals surface area contributed by atoms with Crippen LogP contribution in [0, 0.1) is 0 Å². The molecule has 0 saturated heterocycles. The third kappa shape index (κ3) is 6.97. The zero-order valence-electron chi connectivity index (χ0n) is 12.7. The number of nitrogens with one attached hydrogen (secondary N) is 2. The first-order chi connectivity index (χ1) is 10.2. The SMILES string of the molecule is CNC(=O)COc1cccc(NC(CCCN)COC)c1. The minimum atomic E-state index is -0.159. The van der Waals surface area contributed by atoms with Crippen LogP contribution in [0.3, 0.4) is 0 Å². The summed E-state index contributed by atoms with van der Waals surface area (Å²) in [6.07, 6.45) is 1.88. The van der Waals surface area contributed by atoms with Gasteiger partial charge in [0.15, 0.2) is 6.61 Å². The fourth-order valence-corrected chi connectivity index (χ4v) is 1.90. The molecule has 0 aliphatic heterocycles. The minimum Gasteiger partial charge on any atom is -0.484 e. The van der Waals surface area contributed by atoms with Crippen LogP contribution in [0.15, 0.2) is 24.3 Å². The third-order valence-corrected chi connectivity index (χ3v) is 2.98. The molecule has 0 heterocycles. The van der Waals surface area contributed by atoms with Crippen LogP contribution in [0.2, 0.25) is 0 Å². The molecule has 0 aliphatic carbocycles. The highest BCUT2D eigenvalue weighted by Gasteiger charge is 2.08. The lowest BCUT2D eigenvalue weighted by atomic mass is 10.1. The van der Waals surface area contributed by atoms with Crippen molar-refractivity contribution in [3.05, 3.63) is 24.3 Å². The van der Waals surface area contributed by atoms with Gasteiger partial charge in [0.25, 0.3) is 5.91 Å². The lowest BCUT2D eigenvalue weighted by molar-refractivity contribution is -0.122. The number of nitrogens with two attached hydrogens (primary N) is 1. The summed E-state index contributed by atoms with van der Waals surface area (Å²) in [6.45, 7) is 1.29. The van der Waals surface area contributed by atoms with Crippen molar-refractivity contribution in [2.24, 2.45) is 5.73 Å². The summed E-state index contributed by atoms with van der Waals surface area (Å²) in [7, 11) is 3.26. The lowest BCUT2D eigenvalue weighted by Crippen LogP contribution is -2.26. The van der Waals surface area contributed by atoms with E-state index >= 15 is 0 Å². The van der Waals surface area contributed by atoms with Gasteiger partial charge in [0, 0.05) is 32.0 Å². The smallest absolute Gasteiger partial charge is 0.257 e. The Bertz CT molecular complexity index is 426. The maximum Gasteiger partial charge on any atom is 0.257 e. The van der Waals surface area contributed by atoms with Crippen LogP contribution in [0.25, 0.3) is 0 Å². The van der Waals surface area contributed by atoms with Gasteiger partial charge in [0.2, 0.25) is 0 Å². The largest absolute Gasteiger partial charge is 0.484 e. The van der Waals surface area contributed by atoms with Gasteiger partial charge in [-0.25, -0.2) is 0 Å². The number of rotatable bonds is 10. The van der Waals surface area contributed by atoms with Gasteiger partial charge >= 0.3 is 0 Å². The van der Waals surface area contributed by atoms with Gasteiger partial charge in [0.05, 0.1) is 6.61 Å². The van der Waals surface area contributed by atoms with Crippen LogP contribution in [0.5, 0.6) is 5.75 Å². The van der Waals surface area contributed by atoms with Crippen molar-refractivity contribution >= 4 is 11.6 Å². The van der Waals surface area contributed by atoms with Crippen molar-refractivity contribution in [1.29, 1.82) is 0 Å². The summed E-state index contributed by atoms with van der Waals surface area (Å²) >= 11 is 0. The molecule has 0 fully saturated rings. The van der Waals surface area contributed by atoms with Crippen LogP contribution < -0.4 is 21.1 Å². The van der Waals surface area contributed by atoms with E-state index < -0.39 is 0 Å². The number of methoxy groups -OCH3 is 1. The fourth-order valence-electron chi connectivity index (χ4n) is 1.90. The summed E-state index contributed by atoms with van der Waals surface area (Å²) in [5.74, 6) is 0.493. The van der Waals surface area contributed by atoms with E-state index in [-0.39, 0.29) is 18.6 Å². The molecule has 0 aromatic heterocycles. The Morgan fingerprint density at radius 2 is 2.24 bits per heavy atom. The van der Waals surface area contributed by atoms with Crippen LogP contribution >= 0.6 is 0 Å². The Labute approximate surface area is 126 Å². The summed E-state index contributed by atoms with van der Waals surface area (Å²) in [6, 6.07) is 7.73. The van der Waals surface area contributed by atoms with E-state index in [1.807, 2.05) is 24.3 Å². The first kappa shape index (κ1) is 17.3. The molecule has 1 rings (SSSR count). The Balaban J connectivity index is 2.58. The van der Waals surface area contributed by atoms with Gasteiger partial charge < -0.3 is 25.8 Å². The van der Waals surface area contributed by atoms with E-state index in [9.17, 15) is 4.79 Å². The quantitative estimate of drug-likeness (QED) is 0.599. The molecule has 1 unspecified atom stereocenters. The van der Waals surface area contributed by atoms with Gasteiger partial charge in [-0.2, -0.15) is 0 Å². The van der Waals surface area contributed by atoms with E-state index in [0.29, 0.717) is 18.9 Å². The Morgan fingerprint density at radius 3 is 2.90 bits per heavy atom. The molecule has 0 radical (unpaired) electrons. The molecule has 0 saturated carbocycles.